The minimum Gasteiger partial charge on any atom is -0.385 e. The minimum absolute atomic E-state index is 0.533. The lowest BCUT2D eigenvalue weighted by molar-refractivity contribution is 0.0197. The molecule has 1 aromatic heterocycles. The van der Waals surface area contributed by atoms with Gasteiger partial charge in [-0.2, -0.15) is 0 Å². The van der Waals surface area contributed by atoms with Gasteiger partial charge in [-0.1, -0.05) is 13.3 Å². The smallest absolute Gasteiger partial charge is 0.0907 e. The summed E-state index contributed by atoms with van der Waals surface area (Å²) >= 11 is 1.74. The average Bonchev–Trinajstić information content (AvgIpc) is 2.55. The average molecular weight is 224 g/mol. The molecule has 2 rings (SSSR count). The molecule has 0 radical (unpaired) electrons. The maximum Gasteiger partial charge on any atom is 0.0907 e. The second kappa shape index (κ2) is 4.26. The van der Waals surface area contributed by atoms with Gasteiger partial charge in [0.15, 0.2) is 0 Å². The van der Waals surface area contributed by atoms with E-state index in [9.17, 15) is 5.11 Å². The SMILES string of the molecule is Cc1sccc1C1(O)CCCC(C)CC1. The summed E-state index contributed by atoms with van der Waals surface area (Å²) in [6, 6.07) is 2.11. The zero-order valence-corrected chi connectivity index (χ0v) is 10.4. The third kappa shape index (κ3) is 2.26. The lowest BCUT2D eigenvalue weighted by Crippen LogP contribution is -2.24. The first-order valence-corrected chi connectivity index (χ1v) is 6.77. The zero-order chi connectivity index (χ0) is 10.9. The van der Waals surface area contributed by atoms with Crippen LogP contribution in [0.15, 0.2) is 11.4 Å². The summed E-state index contributed by atoms with van der Waals surface area (Å²) < 4.78 is 0. The largest absolute Gasteiger partial charge is 0.385 e. The van der Waals surface area contributed by atoms with Crippen molar-refractivity contribution in [1.82, 2.24) is 0 Å². The van der Waals surface area contributed by atoms with Gasteiger partial charge < -0.3 is 5.11 Å². The Morgan fingerprint density at radius 3 is 2.87 bits per heavy atom. The van der Waals surface area contributed by atoms with E-state index in [1.165, 1.54) is 16.9 Å². The Morgan fingerprint density at radius 1 is 1.40 bits per heavy atom. The van der Waals surface area contributed by atoms with E-state index in [0.29, 0.717) is 0 Å². The molecular weight excluding hydrogens is 204 g/mol. The Kier molecular flexibility index (Phi) is 3.17. The fraction of sp³-hybridized carbons (Fsp3) is 0.692. The Labute approximate surface area is 96.1 Å². The first-order valence-electron chi connectivity index (χ1n) is 5.89. The van der Waals surface area contributed by atoms with E-state index < -0.39 is 5.60 Å². The van der Waals surface area contributed by atoms with E-state index in [1.54, 1.807) is 11.3 Å². The fourth-order valence-electron chi connectivity index (χ4n) is 2.63. The fourth-order valence-corrected chi connectivity index (χ4v) is 3.43. The van der Waals surface area contributed by atoms with Crippen LogP contribution in [0.5, 0.6) is 0 Å². The van der Waals surface area contributed by atoms with Crippen molar-refractivity contribution < 1.29 is 5.11 Å². The van der Waals surface area contributed by atoms with E-state index >= 15 is 0 Å². The van der Waals surface area contributed by atoms with E-state index in [4.69, 9.17) is 0 Å². The van der Waals surface area contributed by atoms with Crippen molar-refractivity contribution >= 4 is 11.3 Å². The molecule has 0 aromatic carbocycles. The molecule has 1 saturated carbocycles. The molecule has 1 N–H and O–H groups in total. The molecule has 1 aromatic rings. The molecule has 2 atom stereocenters. The highest BCUT2D eigenvalue weighted by Crippen LogP contribution is 2.40. The van der Waals surface area contributed by atoms with Gasteiger partial charge in [-0.15, -0.1) is 11.3 Å². The molecule has 1 aliphatic carbocycles. The van der Waals surface area contributed by atoms with Crippen LogP contribution in [0.4, 0.5) is 0 Å². The first kappa shape index (κ1) is 11.2. The van der Waals surface area contributed by atoms with Crippen LogP contribution >= 0.6 is 11.3 Å². The number of rotatable bonds is 1. The zero-order valence-electron chi connectivity index (χ0n) is 9.62. The highest BCUT2D eigenvalue weighted by molar-refractivity contribution is 7.10. The molecule has 2 unspecified atom stereocenters. The van der Waals surface area contributed by atoms with Crippen LogP contribution in [0.25, 0.3) is 0 Å². The van der Waals surface area contributed by atoms with Crippen molar-refractivity contribution in [2.24, 2.45) is 5.92 Å². The Bertz CT molecular complexity index is 331. The van der Waals surface area contributed by atoms with Gasteiger partial charge in [0.1, 0.15) is 0 Å². The monoisotopic (exact) mass is 224 g/mol. The summed E-state index contributed by atoms with van der Waals surface area (Å²) in [4.78, 5) is 1.28. The molecular formula is C13H20OS. The number of aryl methyl sites for hydroxylation is 1. The van der Waals surface area contributed by atoms with Crippen LogP contribution < -0.4 is 0 Å². The van der Waals surface area contributed by atoms with Gasteiger partial charge in [0.2, 0.25) is 0 Å². The summed E-state index contributed by atoms with van der Waals surface area (Å²) in [6.07, 6.45) is 5.46. The van der Waals surface area contributed by atoms with Crippen molar-refractivity contribution in [3.63, 3.8) is 0 Å². The molecule has 0 bridgehead atoms. The second-order valence-corrected chi connectivity index (χ2v) is 6.08. The third-order valence-corrected chi connectivity index (χ3v) is 4.54. The third-order valence-electron chi connectivity index (χ3n) is 3.70. The van der Waals surface area contributed by atoms with E-state index in [-0.39, 0.29) is 0 Å². The highest BCUT2D eigenvalue weighted by Gasteiger charge is 2.33. The topological polar surface area (TPSA) is 20.2 Å². The molecule has 0 spiro atoms. The van der Waals surface area contributed by atoms with Crippen molar-refractivity contribution in [2.75, 3.05) is 0 Å². The molecule has 1 nitrogen and oxygen atoms in total. The molecule has 0 aliphatic heterocycles. The second-order valence-electron chi connectivity index (χ2n) is 4.96. The lowest BCUT2D eigenvalue weighted by Gasteiger charge is -2.27. The molecule has 15 heavy (non-hydrogen) atoms. The van der Waals surface area contributed by atoms with Crippen LogP contribution in [0.3, 0.4) is 0 Å². The van der Waals surface area contributed by atoms with Gasteiger partial charge in [-0.05, 0) is 55.5 Å². The molecule has 1 fully saturated rings. The Morgan fingerprint density at radius 2 is 2.20 bits per heavy atom. The number of thiophene rings is 1. The van der Waals surface area contributed by atoms with Crippen LogP contribution in [0, 0.1) is 12.8 Å². The molecule has 84 valence electrons. The maximum absolute atomic E-state index is 10.7. The summed E-state index contributed by atoms with van der Waals surface area (Å²) in [5.74, 6) is 0.776. The molecule has 0 amide bonds. The predicted octanol–water partition coefficient (Wildman–Crippen LogP) is 3.84. The van der Waals surface area contributed by atoms with Crippen LogP contribution in [0.2, 0.25) is 0 Å². The van der Waals surface area contributed by atoms with Gasteiger partial charge in [-0.25, -0.2) is 0 Å². The van der Waals surface area contributed by atoms with E-state index in [2.05, 4.69) is 25.3 Å². The minimum atomic E-state index is -0.533. The summed E-state index contributed by atoms with van der Waals surface area (Å²) in [6.45, 7) is 4.42. The highest BCUT2D eigenvalue weighted by atomic mass is 32.1. The van der Waals surface area contributed by atoms with E-state index in [1.807, 2.05) is 0 Å². The van der Waals surface area contributed by atoms with Crippen molar-refractivity contribution in [3.8, 4) is 0 Å². The van der Waals surface area contributed by atoms with Crippen LogP contribution in [0.1, 0.15) is 49.5 Å². The van der Waals surface area contributed by atoms with Crippen molar-refractivity contribution in [1.29, 1.82) is 0 Å². The number of hydrogen-bond acceptors (Lipinski definition) is 2. The van der Waals surface area contributed by atoms with E-state index in [0.717, 1.165) is 31.6 Å². The first-order chi connectivity index (χ1) is 7.12. The van der Waals surface area contributed by atoms with Gasteiger partial charge >= 0.3 is 0 Å². The molecule has 1 aliphatic rings. The molecule has 2 heteroatoms. The maximum atomic E-state index is 10.7. The lowest BCUT2D eigenvalue weighted by atomic mass is 9.87. The Balaban J connectivity index is 2.22. The van der Waals surface area contributed by atoms with Crippen molar-refractivity contribution in [3.05, 3.63) is 21.9 Å². The summed E-state index contributed by atoms with van der Waals surface area (Å²) in [7, 11) is 0. The van der Waals surface area contributed by atoms with Crippen LogP contribution in [-0.2, 0) is 5.60 Å². The summed E-state index contributed by atoms with van der Waals surface area (Å²) in [5, 5.41) is 12.8. The van der Waals surface area contributed by atoms with Gasteiger partial charge in [0, 0.05) is 4.88 Å². The quantitative estimate of drug-likeness (QED) is 0.718. The Hall–Kier alpha value is -0.340. The van der Waals surface area contributed by atoms with Gasteiger partial charge in [-0.3, -0.25) is 0 Å². The van der Waals surface area contributed by atoms with Gasteiger partial charge in [0.25, 0.3) is 0 Å². The summed E-state index contributed by atoms with van der Waals surface area (Å²) in [5.41, 5.74) is 0.649. The number of hydrogen-bond donors (Lipinski definition) is 1. The van der Waals surface area contributed by atoms with Gasteiger partial charge in [0.05, 0.1) is 5.60 Å². The number of aliphatic hydroxyl groups is 1. The predicted molar refractivity (Wildman–Crippen MR) is 65.2 cm³/mol. The normalized spacial score (nSPS) is 32.6. The van der Waals surface area contributed by atoms with Crippen LogP contribution in [-0.4, -0.2) is 5.11 Å². The standard InChI is InChI=1S/C13H20OS/c1-10-4-3-7-13(14,8-5-10)12-6-9-15-11(12)2/h6,9-10,14H,3-5,7-8H2,1-2H3. The van der Waals surface area contributed by atoms with Crippen molar-refractivity contribution in [2.45, 2.75) is 51.6 Å². The molecule has 1 heterocycles. The molecule has 0 saturated heterocycles.